The molecule has 1 N–H and O–H groups in total. The maximum atomic E-state index is 12.5. The van der Waals surface area contributed by atoms with E-state index < -0.39 is 0 Å². The molecule has 0 saturated heterocycles. The zero-order valence-electron chi connectivity index (χ0n) is 13.4. The summed E-state index contributed by atoms with van der Waals surface area (Å²) in [5.41, 5.74) is 1.78. The van der Waals surface area contributed by atoms with E-state index in [0.29, 0.717) is 28.3 Å². The van der Waals surface area contributed by atoms with E-state index in [1.54, 1.807) is 56.7 Å². The molecule has 1 amide bonds. The topological polar surface area (TPSA) is 56.8 Å². The fraction of sp³-hybridized carbons (Fsp3) is 0.167. The predicted molar refractivity (Wildman–Crippen MR) is 90.6 cm³/mol. The minimum Gasteiger partial charge on any atom is -0.497 e. The van der Waals surface area contributed by atoms with E-state index in [2.05, 4.69) is 11.9 Å². The molecule has 0 spiro atoms. The van der Waals surface area contributed by atoms with Crippen LogP contribution in [0.15, 0.2) is 43.0 Å². The Kier molecular flexibility index (Phi) is 5.25. The molecule has 2 aromatic rings. The highest BCUT2D eigenvalue weighted by Crippen LogP contribution is 2.31. The molecule has 0 radical (unpaired) electrons. The second kappa shape index (κ2) is 7.35. The van der Waals surface area contributed by atoms with Crippen molar-refractivity contribution in [3.8, 4) is 17.2 Å². The third kappa shape index (κ3) is 3.63. The number of amides is 1. The van der Waals surface area contributed by atoms with Gasteiger partial charge in [-0.1, -0.05) is 12.7 Å². The number of anilines is 1. The number of ether oxygens (including phenoxy) is 3. The number of hydrogen-bond acceptors (Lipinski definition) is 4. The Balaban J connectivity index is 2.31. The molecule has 0 bridgehead atoms. The maximum Gasteiger partial charge on any atom is 0.256 e. The van der Waals surface area contributed by atoms with Crippen LogP contribution >= 0.6 is 0 Å². The molecule has 23 heavy (non-hydrogen) atoms. The first-order valence-electron chi connectivity index (χ1n) is 6.96. The smallest absolute Gasteiger partial charge is 0.256 e. The molecule has 2 rings (SSSR count). The van der Waals surface area contributed by atoms with E-state index in [-0.39, 0.29) is 5.91 Å². The Morgan fingerprint density at radius 1 is 1.00 bits per heavy atom. The fourth-order valence-electron chi connectivity index (χ4n) is 2.13. The molecule has 120 valence electrons. The van der Waals surface area contributed by atoms with Gasteiger partial charge < -0.3 is 19.5 Å². The van der Waals surface area contributed by atoms with Gasteiger partial charge >= 0.3 is 0 Å². The van der Waals surface area contributed by atoms with Crippen LogP contribution in [0.3, 0.4) is 0 Å². The lowest BCUT2D eigenvalue weighted by Gasteiger charge is -2.13. The summed E-state index contributed by atoms with van der Waals surface area (Å²) in [6.45, 7) is 3.74. The van der Waals surface area contributed by atoms with E-state index in [4.69, 9.17) is 14.2 Å². The van der Waals surface area contributed by atoms with Gasteiger partial charge in [0.05, 0.1) is 26.9 Å². The molecule has 0 atom stereocenters. The summed E-state index contributed by atoms with van der Waals surface area (Å²) >= 11 is 0. The molecule has 0 fully saturated rings. The van der Waals surface area contributed by atoms with E-state index >= 15 is 0 Å². The molecule has 5 nitrogen and oxygen atoms in total. The monoisotopic (exact) mass is 313 g/mol. The van der Waals surface area contributed by atoms with Gasteiger partial charge in [0, 0.05) is 5.69 Å². The van der Waals surface area contributed by atoms with Crippen LogP contribution in [0.4, 0.5) is 5.69 Å². The molecule has 0 unspecified atom stereocenters. The van der Waals surface area contributed by atoms with E-state index in [9.17, 15) is 4.79 Å². The second-order valence-electron chi connectivity index (χ2n) is 4.68. The Labute approximate surface area is 135 Å². The third-order valence-electron chi connectivity index (χ3n) is 3.37. The zero-order valence-corrected chi connectivity index (χ0v) is 13.4. The first kappa shape index (κ1) is 16.4. The van der Waals surface area contributed by atoms with Crippen molar-refractivity contribution in [2.24, 2.45) is 0 Å². The molecule has 0 heterocycles. The standard InChI is InChI=1S/C18H19NO4/c1-5-12-10-16(22-3)17(23-4)11-15(12)18(20)19-13-6-8-14(21-2)9-7-13/h5-11H,1H2,2-4H3,(H,19,20). The minimum atomic E-state index is -0.258. The molecular formula is C18H19NO4. The highest BCUT2D eigenvalue weighted by molar-refractivity contribution is 6.07. The van der Waals surface area contributed by atoms with Gasteiger partial charge in [-0.2, -0.15) is 0 Å². The van der Waals surface area contributed by atoms with E-state index in [1.165, 1.54) is 7.11 Å². The Bertz CT molecular complexity index is 708. The molecular weight excluding hydrogens is 294 g/mol. The summed E-state index contributed by atoms with van der Waals surface area (Å²) in [6.07, 6.45) is 1.60. The van der Waals surface area contributed by atoms with Crippen LogP contribution in [0.25, 0.3) is 6.08 Å². The number of methoxy groups -OCH3 is 3. The summed E-state index contributed by atoms with van der Waals surface area (Å²) in [5.74, 6) is 1.49. The van der Waals surface area contributed by atoms with Crippen molar-refractivity contribution in [2.45, 2.75) is 0 Å². The van der Waals surface area contributed by atoms with Crippen LogP contribution in [0, 0.1) is 0 Å². The van der Waals surface area contributed by atoms with Gasteiger partial charge in [-0.25, -0.2) is 0 Å². The van der Waals surface area contributed by atoms with Crippen LogP contribution in [0.5, 0.6) is 17.2 Å². The van der Waals surface area contributed by atoms with Crippen molar-refractivity contribution in [1.29, 1.82) is 0 Å². The van der Waals surface area contributed by atoms with E-state index in [0.717, 1.165) is 5.75 Å². The highest BCUT2D eigenvalue weighted by atomic mass is 16.5. The average Bonchev–Trinajstić information content (AvgIpc) is 2.60. The Hall–Kier alpha value is -2.95. The fourth-order valence-corrected chi connectivity index (χ4v) is 2.13. The number of nitrogens with one attached hydrogen (secondary N) is 1. The molecule has 0 aliphatic heterocycles. The lowest BCUT2D eigenvalue weighted by molar-refractivity contribution is 0.102. The van der Waals surface area contributed by atoms with Crippen LogP contribution in [-0.2, 0) is 0 Å². The van der Waals surface area contributed by atoms with Gasteiger partial charge in [0.2, 0.25) is 0 Å². The van der Waals surface area contributed by atoms with Crippen molar-refractivity contribution in [3.63, 3.8) is 0 Å². The highest BCUT2D eigenvalue weighted by Gasteiger charge is 2.15. The first-order valence-corrected chi connectivity index (χ1v) is 6.96. The molecule has 0 aliphatic rings. The van der Waals surface area contributed by atoms with Crippen LogP contribution in [0.1, 0.15) is 15.9 Å². The summed E-state index contributed by atoms with van der Waals surface area (Å²) < 4.78 is 15.6. The number of rotatable bonds is 6. The number of carbonyl (C=O) groups is 1. The molecule has 0 aliphatic carbocycles. The average molecular weight is 313 g/mol. The maximum absolute atomic E-state index is 12.5. The van der Waals surface area contributed by atoms with Gasteiger partial charge in [0.1, 0.15) is 5.75 Å². The first-order chi connectivity index (χ1) is 11.1. The Morgan fingerprint density at radius 2 is 1.61 bits per heavy atom. The number of hydrogen-bond donors (Lipinski definition) is 1. The molecule has 0 saturated carbocycles. The Morgan fingerprint density at radius 3 is 2.13 bits per heavy atom. The summed E-state index contributed by atoms with van der Waals surface area (Å²) in [7, 11) is 4.66. The van der Waals surface area contributed by atoms with Gasteiger partial charge in [0.15, 0.2) is 11.5 Å². The van der Waals surface area contributed by atoms with Gasteiger partial charge in [-0.05, 0) is 42.0 Å². The van der Waals surface area contributed by atoms with Crippen LogP contribution in [0.2, 0.25) is 0 Å². The molecule has 2 aromatic carbocycles. The third-order valence-corrected chi connectivity index (χ3v) is 3.37. The van der Waals surface area contributed by atoms with Crippen molar-refractivity contribution in [3.05, 3.63) is 54.1 Å². The number of carbonyl (C=O) groups excluding carboxylic acids is 1. The van der Waals surface area contributed by atoms with Crippen molar-refractivity contribution in [2.75, 3.05) is 26.6 Å². The zero-order chi connectivity index (χ0) is 16.8. The normalized spacial score (nSPS) is 9.87. The summed E-state index contributed by atoms with van der Waals surface area (Å²) in [4.78, 5) is 12.5. The summed E-state index contributed by atoms with van der Waals surface area (Å²) in [5, 5.41) is 2.83. The number of benzene rings is 2. The van der Waals surface area contributed by atoms with Gasteiger partial charge in [0.25, 0.3) is 5.91 Å². The van der Waals surface area contributed by atoms with Crippen molar-refractivity contribution >= 4 is 17.7 Å². The largest absolute Gasteiger partial charge is 0.497 e. The lowest BCUT2D eigenvalue weighted by atomic mass is 10.1. The predicted octanol–water partition coefficient (Wildman–Crippen LogP) is 3.61. The minimum absolute atomic E-state index is 0.258. The van der Waals surface area contributed by atoms with Gasteiger partial charge in [-0.3, -0.25) is 4.79 Å². The van der Waals surface area contributed by atoms with Crippen molar-refractivity contribution < 1.29 is 19.0 Å². The van der Waals surface area contributed by atoms with Crippen LogP contribution < -0.4 is 19.5 Å². The van der Waals surface area contributed by atoms with Gasteiger partial charge in [-0.15, -0.1) is 0 Å². The second-order valence-corrected chi connectivity index (χ2v) is 4.68. The molecule has 5 heteroatoms. The van der Waals surface area contributed by atoms with Crippen molar-refractivity contribution in [1.82, 2.24) is 0 Å². The van der Waals surface area contributed by atoms with Crippen LogP contribution in [-0.4, -0.2) is 27.2 Å². The molecule has 0 aromatic heterocycles. The van der Waals surface area contributed by atoms with E-state index in [1.807, 2.05) is 0 Å². The SMILES string of the molecule is C=Cc1cc(OC)c(OC)cc1C(=O)Nc1ccc(OC)cc1. The quantitative estimate of drug-likeness (QED) is 0.885. The lowest BCUT2D eigenvalue weighted by Crippen LogP contribution is -2.13. The summed E-state index contributed by atoms with van der Waals surface area (Å²) in [6, 6.07) is 10.4.